The van der Waals surface area contributed by atoms with E-state index < -0.39 is 8.32 Å². The van der Waals surface area contributed by atoms with Crippen molar-refractivity contribution in [2.45, 2.75) is 65.1 Å². The Hall–Kier alpha value is 0.237. The van der Waals surface area contributed by atoms with Crippen LogP contribution in [0.5, 0.6) is 0 Å². The van der Waals surface area contributed by atoms with E-state index in [-0.39, 0.29) is 0 Å². The lowest BCUT2D eigenvalue weighted by Crippen LogP contribution is -2.24. The summed E-state index contributed by atoms with van der Waals surface area (Å²) in [5.41, 5.74) is 0. The average molecular weight is 307 g/mol. The summed E-state index contributed by atoms with van der Waals surface area (Å²) in [6.45, 7) is 8.81. The highest BCUT2D eigenvalue weighted by atomic mass is 79.9. The predicted octanol–water partition coefficient (Wildman–Crippen LogP) is 5.48. The molecule has 0 bridgehead atoms. The van der Waals surface area contributed by atoms with E-state index in [1.807, 2.05) is 0 Å². The first-order valence-electron chi connectivity index (χ1n) is 6.40. The molecule has 0 unspecified atom stereocenters. The molecule has 16 heavy (non-hydrogen) atoms. The van der Waals surface area contributed by atoms with Crippen LogP contribution in [0.4, 0.5) is 0 Å². The van der Waals surface area contributed by atoms with Gasteiger partial charge >= 0.3 is 0 Å². The van der Waals surface area contributed by atoms with E-state index >= 15 is 0 Å². The minimum Gasteiger partial charge on any atom is -0.548 e. The van der Waals surface area contributed by atoms with Crippen LogP contribution in [0.1, 0.15) is 45.4 Å². The third-order valence-electron chi connectivity index (χ3n) is 2.32. The average Bonchev–Trinajstić information content (AvgIpc) is 2.19. The van der Waals surface area contributed by atoms with Gasteiger partial charge in [0.05, 0.1) is 5.76 Å². The summed E-state index contributed by atoms with van der Waals surface area (Å²) < 4.78 is 6.01. The Kier molecular flexibility index (Phi) is 9.42. The van der Waals surface area contributed by atoms with Gasteiger partial charge in [-0.3, -0.25) is 0 Å². The van der Waals surface area contributed by atoms with Crippen molar-refractivity contribution in [3.8, 4) is 0 Å². The van der Waals surface area contributed by atoms with Crippen LogP contribution >= 0.6 is 15.9 Å². The Morgan fingerprint density at radius 2 is 1.62 bits per heavy atom. The number of hydrogen-bond donors (Lipinski definition) is 0. The standard InChI is InChI=1S/C13H27BrOSi/c1-5-13(15-16(2,3)4)11-9-7-6-8-10-12-14/h5H,6-12H2,1-4H3/b13-5-. The van der Waals surface area contributed by atoms with Gasteiger partial charge in [0.1, 0.15) is 0 Å². The molecule has 0 fully saturated rings. The van der Waals surface area contributed by atoms with Crippen LogP contribution in [0.3, 0.4) is 0 Å². The van der Waals surface area contributed by atoms with Crippen LogP contribution in [-0.2, 0) is 4.43 Å². The Labute approximate surface area is 111 Å². The zero-order chi connectivity index (χ0) is 12.4. The summed E-state index contributed by atoms with van der Waals surface area (Å²) >= 11 is 3.46. The lowest BCUT2D eigenvalue weighted by Gasteiger charge is -2.21. The first kappa shape index (κ1) is 16.2. The van der Waals surface area contributed by atoms with Gasteiger partial charge in [-0.05, 0) is 39.4 Å². The van der Waals surface area contributed by atoms with E-state index in [0.717, 1.165) is 11.8 Å². The molecule has 0 radical (unpaired) electrons. The molecule has 0 N–H and O–H groups in total. The van der Waals surface area contributed by atoms with Gasteiger partial charge in [0.2, 0.25) is 8.32 Å². The van der Waals surface area contributed by atoms with Gasteiger partial charge in [-0.2, -0.15) is 0 Å². The van der Waals surface area contributed by atoms with Crippen molar-refractivity contribution in [2.75, 3.05) is 5.33 Å². The fourth-order valence-electron chi connectivity index (χ4n) is 1.57. The largest absolute Gasteiger partial charge is 0.548 e. The molecule has 0 saturated carbocycles. The van der Waals surface area contributed by atoms with Gasteiger partial charge in [-0.15, -0.1) is 0 Å². The lowest BCUT2D eigenvalue weighted by molar-refractivity contribution is 0.390. The van der Waals surface area contributed by atoms with Crippen LogP contribution in [0.25, 0.3) is 0 Å². The summed E-state index contributed by atoms with van der Waals surface area (Å²) in [5, 5.41) is 1.14. The van der Waals surface area contributed by atoms with Crippen molar-refractivity contribution in [3.63, 3.8) is 0 Å². The highest BCUT2D eigenvalue weighted by Gasteiger charge is 2.16. The second kappa shape index (κ2) is 9.29. The molecule has 0 heterocycles. The molecule has 0 amide bonds. The molecular formula is C13H27BrOSi. The Morgan fingerprint density at radius 1 is 1.06 bits per heavy atom. The van der Waals surface area contributed by atoms with Crippen LogP contribution in [-0.4, -0.2) is 13.6 Å². The second-order valence-electron chi connectivity index (χ2n) is 5.18. The van der Waals surface area contributed by atoms with Crippen LogP contribution in [0, 0.1) is 0 Å². The van der Waals surface area contributed by atoms with Crippen molar-refractivity contribution in [2.24, 2.45) is 0 Å². The fourth-order valence-corrected chi connectivity index (χ4v) is 2.97. The van der Waals surface area contributed by atoms with E-state index in [0.29, 0.717) is 0 Å². The molecule has 3 heteroatoms. The number of alkyl halides is 1. The zero-order valence-corrected chi connectivity index (χ0v) is 13.9. The van der Waals surface area contributed by atoms with E-state index in [1.165, 1.54) is 37.9 Å². The van der Waals surface area contributed by atoms with E-state index in [4.69, 9.17) is 4.43 Å². The Morgan fingerprint density at radius 3 is 2.12 bits per heavy atom. The number of hydrogen-bond acceptors (Lipinski definition) is 1. The van der Waals surface area contributed by atoms with E-state index in [9.17, 15) is 0 Å². The molecule has 1 nitrogen and oxygen atoms in total. The molecule has 0 aromatic carbocycles. The molecule has 0 atom stereocenters. The number of halogens is 1. The summed E-state index contributed by atoms with van der Waals surface area (Å²) in [6.07, 6.45) is 9.88. The summed E-state index contributed by atoms with van der Waals surface area (Å²) in [7, 11) is -1.40. The number of unbranched alkanes of at least 4 members (excludes halogenated alkanes) is 4. The quantitative estimate of drug-likeness (QED) is 0.237. The van der Waals surface area contributed by atoms with Gasteiger partial charge in [0.25, 0.3) is 0 Å². The molecule has 0 rings (SSSR count). The predicted molar refractivity (Wildman–Crippen MR) is 79.7 cm³/mol. The molecule has 0 aromatic heterocycles. The fraction of sp³-hybridized carbons (Fsp3) is 0.846. The maximum absolute atomic E-state index is 6.01. The zero-order valence-electron chi connectivity index (χ0n) is 11.3. The molecule has 0 saturated heterocycles. The van der Waals surface area contributed by atoms with Crippen molar-refractivity contribution >= 4 is 24.2 Å². The monoisotopic (exact) mass is 306 g/mol. The minimum atomic E-state index is -1.40. The Balaban J connectivity index is 3.58. The van der Waals surface area contributed by atoms with Crippen LogP contribution in [0.2, 0.25) is 19.6 Å². The number of rotatable bonds is 9. The van der Waals surface area contributed by atoms with Gasteiger partial charge in [0.15, 0.2) is 0 Å². The van der Waals surface area contributed by atoms with Gasteiger partial charge in [-0.1, -0.05) is 41.3 Å². The van der Waals surface area contributed by atoms with Crippen molar-refractivity contribution in [1.29, 1.82) is 0 Å². The number of allylic oxidation sites excluding steroid dienone is 2. The normalized spacial score (nSPS) is 12.9. The van der Waals surface area contributed by atoms with Crippen molar-refractivity contribution in [1.82, 2.24) is 0 Å². The molecule has 0 aliphatic heterocycles. The first-order chi connectivity index (χ1) is 7.49. The second-order valence-corrected chi connectivity index (χ2v) is 10.4. The highest BCUT2D eigenvalue weighted by Crippen LogP contribution is 2.17. The third kappa shape index (κ3) is 10.7. The molecule has 0 aromatic rings. The lowest BCUT2D eigenvalue weighted by atomic mass is 10.1. The molecule has 0 aliphatic carbocycles. The smallest absolute Gasteiger partial charge is 0.241 e. The minimum absolute atomic E-state index is 1.12. The molecule has 0 spiro atoms. The molecule has 96 valence electrons. The summed E-state index contributed by atoms with van der Waals surface area (Å²) in [6, 6.07) is 0. The maximum atomic E-state index is 6.01. The van der Waals surface area contributed by atoms with Gasteiger partial charge in [0, 0.05) is 11.8 Å². The van der Waals surface area contributed by atoms with E-state index in [2.05, 4.69) is 48.6 Å². The highest BCUT2D eigenvalue weighted by molar-refractivity contribution is 9.09. The van der Waals surface area contributed by atoms with Gasteiger partial charge < -0.3 is 4.43 Å². The maximum Gasteiger partial charge on any atom is 0.241 e. The third-order valence-corrected chi connectivity index (χ3v) is 3.75. The van der Waals surface area contributed by atoms with Crippen LogP contribution in [0.15, 0.2) is 11.8 Å². The van der Waals surface area contributed by atoms with Crippen molar-refractivity contribution in [3.05, 3.63) is 11.8 Å². The first-order valence-corrected chi connectivity index (χ1v) is 10.9. The Bertz CT molecular complexity index is 197. The summed E-state index contributed by atoms with van der Waals surface area (Å²) in [5.74, 6) is 1.21. The summed E-state index contributed by atoms with van der Waals surface area (Å²) in [4.78, 5) is 0. The molecule has 0 aliphatic rings. The van der Waals surface area contributed by atoms with Gasteiger partial charge in [-0.25, -0.2) is 0 Å². The van der Waals surface area contributed by atoms with Crippen LogP contribution < -0.4 is 0 Å². The topological polar surface area (TPSA) is 9.23 Å². The van der Waals surface area contributed by atoms with Crippen molar-refractivity contribution < 1.29 is 4.43 Å². The molecular weight excluding hydrogens is 280 g/mol. The SMILES string of the molecule is C/C=C(/CCCCCCCBr)O[Si](C)(C)C. The van der Waals surface area contributed by atoms with E-state index in [1.54, 1.807) is 0 Å².